The van der Waals surface area contributed by atoms with Crippen LogP contribution in [-0.2, 0) is 4.43 Å². The molecular formula is C19H31OSi. The summed E-state index contributed by atoms with van der Waals surface area (Å²) < 4.78 is 5.70. The summed E-state index contributed by atoms with van der Waals surface area (Å²) in [5.41, 5.74) is 4.38. The first-order valence-corrected chi connectivity index (χ1v) is 8.87. The van der Waals surface area contributed by atoms with E-state index >= 15 is 0 Å². The number of hydrogen-bond donors (Lipinski definition) is 0. The molecule has 1 aromatic carbocycles. The van der Waals surface area contributed by atoms with E-state index in [1.165, 1.54) is 23.1 Å². The van der Waals surface area contributed by atoms with Crippen molar-refractivity contribution in [2.45, 2.75) is 78.7 Å². The van der Waals surface area contributed by atoms with Crippen LogP contribution in [0.4, 0.5) is 0 Å². The van der Waals surface area contributed by atoms with Crippen LogP contribution < -0.4 is 0 Å². The highest BCUT2D eigenvalue weighted by atomic mass is 28.2. The second-order valence-electron chi connectivity index (χ2n) is 6.39. The standard InChI is InChI=1S/C19H31OSi/c1-7-13(4)16-11-10-12-17(18(16)14(5)8-2)19(20-21)15(6)9-3/h10-15,19H,7-9H2,1-6H3. The lowest BCUT2D eigenvalue weighted by molar-refractivity contribution is 0.154. The fourth-order valence-electron chi connectivity index (χ4n) is 2.97. The van der Waals surface area contributed by atoms with E-state index < -0.39 is 0 Å². The van der Waals surface area contributed by atoms with Crippen molar-refractivity contribution in [3.63, 3.8) is 0 Å². The maximum absolute atomic E-state index is 5.70. The molecule has 0 bridgehead atoms. The largest absolute Gasteiger partial charge is 0.411 e. The van der Waals surface area contributed by atoms with Crippen molar-refractivity contribution in [1.29, 1.82) is 0 Å². The molecule has 0 N–H and O–H groups in total. The lowest BCUT2D eigenvalue weighted by Crippen LogP contribution is -2.17. The summed E-state index contributed by atoms with van der Waals surface area (Å²) in [6, 6.07) is 6.76. The van der Waals surface area contributed by atoms with Crippen molar-refractivity contribution in [1.82, 2.24) is 0 Å². The van der Waals surface area contributed by atoms with Gasteiger partial charge in [-0.3, -0.25) is 0 Å². The summed E-state index contributed by atoms with van der Waals surface area (Å²) >= 11 is 0. The van der Waals surface area contributed by atoms with E-state index in [4.69, 9.17) is 4.43 Å². The lowest BCUT2D eigenvalue weighted by atomic mass is 9.80. The van der Waals surface area contributed by atoms with Gasteiger partial charge in [0.15, 0.2) is 0 Å². The molecule has 3 radical (unpaired) electrons. The van der Waals surface area contributed by atoms with Gasteiger partial charge in [0.25, 0.3) is 0 Å². The van der Waals surface area contributed by atoms with Crippen molar-refractivity contribution in [3.05, 3.63) is 34.9 Å². The topological polar surface area (TPSA) is 9.23 Å². The van der Waals surface area contributed by atoms with Gasteiger partial charge in [0.1, 0.15) is 0 Å². The molecule has 21 heavy (non-hydrogen) atoms. The minimum atomic E-state index is 0.125. The van der Waals surface area contributed by atoms with Crippen LogP contribution in [0.5, 0.6) is 0 Å². The average Bonchev–Trinajstić information content (AvgIpc) is 2.53. The highest BCUT2D eigenvalue weighted by Crippen LogP contribution is 2.39. The lowest BCUT2D eigenvalue weighted by Gasteiger charge is -2.29. The Morgan fingerprint density at radius 3 is 1.95 bits per heavy atom. The van der Waals surface area contributed by atoms with Crippen molar-refractivity contribution in [2.24, 2.45) is 5.92 Å². The van der Waals surface area contributed by atoms with E-state index in [9.17, 15) is 0 Å². The number of benzene rings is 1. The van der Waals surface area contributed by atoms with Crippen LogP contribution in [0.15, 0.2) is 18.2 Å². The molecule has 0 saturated heterocycles. The molecule has 0 saturated carbocycles. The van der Waals surface area contributed by atoms with Gasteiger partial charge in [-0.05, 0) is 47.3 Å². The summed E-state index contributed by atoms with van der Waals surface area (Å²) in [5, 5.41) is 0. The second kappa shape index (κ2) is 8.75. The maximum Gasteiger partial charge on any atom is 0.247 e. The molecule has 117 valence electrons. The van der Waals surface area contributed by atoms with Gasteiger partial charge in [-0.15, -0.1) is 0 Å². The van der Waals surface area contributed by atoms with Crippen LogP contribution in [0.1, 0.15) is 95.4 Å². The van der Waals surface area contributed by atoms with E-state index in [0.29, 0.717) is 17.8 Å². The highest BCUT2D eigenvalue weighted by Gasteiger charge is 2.25. The molecule has 0 aliphatic rings. The van der Waals surface area contributed by atoms with Crippen molar-refractivity contribution >= 4 is 10.5 Å². The molecule has 4 unspecified atom stereocenters. The van der Waals surface area contributed by atoms with Gasteiger partial charge in [-0.2, -0.15) is 0 Å². The third kappa shape index (κ3) is 4.20. The number of rotatable bonds is 8. The maximum atomic E-state index is 5.70. The fourth-order valence-corrected chi connectivity index (χ4v) is 3.33. The van der Waals surface area contributed by atoms with Crippen molar-refractivity contribution < 1.29 is 4.43 Å². The van der Waals surface area contributed by atoms with Gasteiger partial charge in [-0.1, -0.05) is 66.2 Å². The highest BCUT2D eigenvalue weighted by molar-refractivity contribution is 5.98. The predicted molar refractivity (Wildman–Crippen MR) is 92.9 cm³/mol. The van der Waals surface area contributed by atoms with Crippen LogP contribution in [0.25, 0.3) is 0 Å². The second-order valence-corrected chi connectivity index (χ2v) is 6.63. The predicted octanol–water partition coefficient (Wildman–Crippen LogP) is 5.90. The SMILES string of the molecule is CCC(C)c1cccc(C(O[Si])C(C)CC)c1C(C)CC. The summed E-state index contributed by atoms with van der Waals surface area (Å²) in [6.45, 7) is 13.7. The van der Waals surface area contributed by atoms with E-state index in [2.05, 4.69) is 70.2 Å². The van der Waals surface area contributed by atoms with Gasteiger partial charge >= 0.3 is 0 Å². The molecule has 0 aromatic heterocycles. The molecular weight excluding hydrogens is 272 g/mol. The molecule has 0 aliphatic heterocycles. The van der Waals surface area contributed by atoms with Gasteiger partial charge in [0.05, 0.1) is 6.10 Å². The Balaban J connectivity index is 3.42. The minimum Gasteiger partial charge on any atom is -0.411 e. The van der Waals surface area contributed by atoms with Crippen LogP contribution in [0.2, 0.25) is 0 Å². The van der Waals surface area contributed by atoms with Gasteiger partial charge in [0, 0.05) is 0 Å². The molecule has 0 fully saturated rings. The molecule has 2 heteroatoms. The zero-order chi connectivity index (χ0) is 16.0. The van der Waals surface area contributed by atoms with E-state index in [1.54, 1.807) is 0 Å². The Morgan fingerprint density at radius 2 is 1.48 bits per heavy atom. The van der Waals surface area contributed by atoms with Gasteiger partial charge in [0.2, 0.25) is 10.5 Å². The van der Waals surface area contributed by atoms with E-state index in [-0.39, 0.29) is 6.10 Å². The van der Waals surface area contributed by atoms with Gasteiger partial charge < -0.3 is 4.43 Å². The smallest absolute Gasteiger partial charge is 0.247 e. The van der Waals surface area contributed by atoms with Crippen molar-refractivity contribution in [2.75, 3.05) is 0 Å². The zero-order valence-electron chi connectivity index (χ0n) is 14.6. The van der Waals surface area contributed by atoms with Gasteiger partial charge in [-0.25, -0.2) is 0 Å². The first-order chi connectivity index (χ1) is 10.0. The molecule has 0 heterocycles. The molecule has 0 aliphatic carbocycles. The molecule has 1 rings (SSSR count). The summed E-state index contributed by atoms with van der Waals surface area (Å²) in [5.74, 6) is 1.66. The first-order valence-electron chi connectivity index (χ1n) is 8.46. The third-order valence-corrected chi connectivity index (χ3v) is 5.27. The van der Waals surface area contributed by atoms with E-state index in [0.717, 1.165) is 12.8 Å². The van der Waals surface area contributed by atoms with Crippen LogP contribution in [-0.4, -0.2) is 10.5 Å². The molecule has 1 nitrogen and oxygen atoms in total. The molecule has 4 atom stereocenters. The monoisotopic (exact) mass is 303 g/mol. The minimum absolute atomic E-state index is 0.125. The van der Waals surface area contributed by atoms with Crippen LogP contribution in [0.3, 0.4) is 0 Å². The van der Waals surface area contributed by atoms with E-state index in [1.807, 2.05) is 0 Å². The average molecular weight is 304 g/mol. The quantitative estimate of drug-likeness (QED) is 0.543. The molecule has 0 amide bonds. The first kappa shape index (κ1) is 18.4. The Morgan fingerprint density at radius 1 is 0.905 bits per heavy atom. The van der Waals surface area contributed by atoms with Crippen molar-refractivity contribution in [3.8, 4) is 0 Å². The zero-order valence-corrected chi connectivity index (χ0v) is 15.6. The summed E-state index contributed by atoms with van der Waals surface area (Å²) in [6.07, 6.45) is 3.58. The Bertz CT molecular complexity index is 430. The molecule has 1 aromatic rings. The summed E-state index contributed by atoms with van der Waals surface area (Å²) in [4.78, 5) is 0. The Hall–Kier alpha value is -0.603. The number of hydrogen-bond acceptors (Lipinski definition) is 1. The normalized spacial score (nSPS) is 17.3. The Kier molecular flexibility index (Phi) is 7.68. The molecule has 0 spiro atoms. The van der Waals surface area contributed by atoms with Crippen LogP contribution >= 0.6 is 0 Å². The van der Waals surface area contributed by atoms with Crippen LogP contribution in [0, 0.1) is 5.92 Å². The Labute approximate surface area is 135 Å². The fraction of sp³-hybridized carbons (Fsp3) is 0.684. The summed E-state index contributed by atoms with van der Waals surface area (Å²) in [7, 11) is 3.33. The third-order valence-electron chi connectivity index (χ3n) is 5.02.